The Morgan fingerprint density at radius 2 is 2.11 bits per heavy atom. The van der Waals surface area contributed by atoms with Crippen molar-refractivity contribution in [2.24, 2.45) is 10.7 Å². The van der Waals surface area contributed by atoms with Crippen LogP contribution in [0.1, 0.15) is 43.7 Å². The number of aryl methyl sites for hydroxylation is 1. The van der Waals surface area contributed by atoms with Crippen molar-refractivity contribution < 1.29 is 0 Å². The van der Waals surface area contributed by atoms with Gasteiger partial charge in [-0.2, -0.15) is 0 Å². The van der Waals surface area contributed by atoms with E-state index in [1.54, 1.807) is 0 Å². The second-order valence-electron chi connectivity index (χ2n) is 4.90. The highest BCUT2D eigenvalue weighted by Crippen LogP contribution is 2.27. The summed E-state index contributed by atoms with van der Waals surface area (Å²) in [6.45, 7) is 2.97. The van der Waals surface area contributed by atoms with E-state index in [9.17, 15) is 0 Å². The van der Waals surface area contributed by atoms with Gasteiger partial charge in [0.1, 0.15) is 0 Å². The third-order valence-electron chi connectivity index (χ3n) is 3.45. The first-order valence-electron chi connectivity index (χ1n) is 6.99. The number of rotatable bonds is 4. The molecule has 2 rings (SSSR count). The fourth-order valence-corrected chi connectivity index (χ4v) is 2.43. The predicted octanol–water partition coefficient (Wildman–Crippen LogP) is 3.71. The van der Waals surface area contributed by atoms with Crippen LogP contribution in [0.15, 0.2) is 23.2 Å². The summed E-state index contributed by atoms with van der Waals surface area (Å²) in [5, 5.41) is 3.26. The lowest BCUT2D eigenvalue weighted by atomic mass is 9.90. The Morgan fingerprint density at radius 3 is 2.89 bits per heavy atom. The van der Waals surface area contributed by atoms with Gasteiger partial charge in [-0.3, -0.25) is 4.99 Å². The van der Waals surface area contributed by atoms with E-state index in [1.165, 1.54) is 30.4 Å². The lowest BCUT2D eigenvalue weighted by Gasteiger charge is -2.19. The van der Waals surface area contributed by atoms with Crippen molar-refractivity contribution in [3.8, 4) is 0 Å². The molecule has 19 heavy (non-hydrogen) atoms. The van der Waals surface area contributed by atoms with Gasteiger partial charge in [0.15, 0.2) is 5.96 Å². The highest BCUT2D eigenvalue weighted by Gasteiger charge is 2.12. The number of nitrogens with two attached hydrogens (primary N) is 1. The van der Waals surface area contributed by atoms with Crippen molar-refractivity contribution in [2.75, 3.05) is 11.9 Å². The highest BCUT2D eigenvalue weighted by molar-refractivity contribution is 14.0. The smallest absolute Gasteiger partial charge is 0.193 e. The van der Waals surface area contributed by atoms with Gasteiger partial charge in [0.05, 0.1) is 0 Å². The van der Waals surface area contributed by atoms with E-state index in [4.69, 9.17) is 5.73 Å². The highest BCUT2D eigenvalue weighted by atomic mass is 127. The topological polar surface area (TPSA) is 50.4 Å². The normalized spacial score (nSPS) is 14.5. The Morgan fingerprint density at radius 1 is 1.32 bits per heavy atom. The van der Waals surface area contributed by atoms with Crippen molar-refractivity contribution in [3.05, 3.63) is 29.3 Å². The fourth-order valence-electron chi connectivity index (χ4n) is 2.43. The van der Waals surface area contributed by atoms with Crippen LogP contribution in [0.4, 0.5) is 5.69 Å². The molecule has 1 aliphatic rings. The zero-order valence-corrected chi connectivity index (χ0v) is 13.9. The zero-order chi connectivity index (χ0) is 12.8. The van der Waals surface area contributed by atoms with Crippen LogP contribution in [0.2, 0.25) is 0 Å². The van der Waals surface area contributed by atoms with Crippen molar-refractivity contribution in [1.29, 1.82) is 0 Å². The number of unbranched alkanes of at least 4 members (excludes halogenated alkanes) is 1. The van der Waals surface area contributed by atoms with Crippen LogP contribution in [0.3, 0.4) is 0 Å². The van der Waals surface area contributed by atoms with E-state index in [0.29, 0.717) is 5.96 Å². The Balaban J connectivity index is 0.00000180. The van der Waals surface area contributed by atoms with Crippen LogP contribution in [-0.2, 0) is 12.8 Å². The summed E-state index contributed by atoms with van der Waals surface area (Å²) in [6.07, 6.45) is 7.17. The predicted molar refractivity (Wildman–Crippen MR) is 93.5 cm³/mol. The molecule has 0 saturated heterocycles. The standard InChI is InChI=1S/C15H23N3.HI/c1-2-3-11-17-15(16)18-14-10-6-8-12-7-4-5-9-13(12)14;/h6,8,10H,2-5,7,9,11H2,1H3,(H3,16,17,18);1H. The van der Waals surface area contributed by atoms with Crippen LogP contribution in [0.25, 0.3) is 0 Å². The molecule has 0 unspecified atom stereocenters. The minimum Gasteiger partial charge on any atom is -0.370 e. The molecule has 0 bridgehead atoms. The van der Waals surface area contributed by atoms with Gasteiger partial charge < -0.3 is 11.1 Å². The number of nitrogens with zero attached hydrogens (tertiary/aromatic N) is 1. The number of hydrogen-bond acceptors (Lipinski definition) is 1. The number of halogens is 1. The Labute approximate surface area is 133 Å². The van der Waals surface area contributed by atoms with E-state index < -0.39 is 0 Å². The van der Waals surface area contributed by atoms with E-state index >= 15 is 0 Å². The van der Waals surface area contributed by atoms with Gasteiger partial charge in [-0.25, -0.2) is 0 Å². The SMILES string of the molecule is CCCCN=C(N)Nc1cccc2c1CCCC2.I. The van der Waals surface area contributed by atoms with Gasteiger partial charge in [-0.15, -0.1) is 24.0 Å². The molecule has 0 aliphatic heterocycles. The average Bonchev–Trinajstić information content (AvgIpc) is 2.39. The molecule has 0 heterocycles. The first-order chi connectivity index (χ1) is 8.81. The van der Waals surface area contributed by atoms with Crippen molar-refractivity contribution >= 4 is 35.6 Å². The third kappa shape index (κ3) is 4.67. The third-order valence-corrected chi connectivity index (χ3v) is 3.45. The van der Waals surface area contributed by atoms with Gasteiger partial charge >= 0.3 is 0 Å². The van der Waals surface area contributed by atoms with E-state index in [-0.39, 0.29) is 24.0 Å². The molecule has 0 fully saturated rings. The van der Waals surface area contributed by atoms with Gasteiger partial charge in [0, 0.05) is 12.2 Å². The quantitative estimate of drug-likeness (QED) is 0.366. The van der Waals surface area contributed by atoms with Crippen molar-refractivity contribution in [1.82, 2.24) is 0 Å². The molecule has 1 aromatic carbocycles. The fraction of sp³-hybridized carbons (Fsp3) is 0.533. The zero-order valence-electron chi connectivity index (χ0n) is 11.6. The van der Waals surface area contributed by atoms with Crippen LogP contribution in [0, 0.1) is 0 Å². The second-order valence-corrected chi connectivity index (χ2v) is 4.90. The summed E-state index contributed by atoms with van der Waals surface area (Å²) in [4.78, 5) is 4.34. The molecule has 3 N–H and O–H groups in total. The van der Waals surface area contributed by atoms with E-state index in [2.05, 4.69) is 35.4 Å². The van der Waals surface area contributed by atoms with Crippen LogP contribution < -0.4 is 11.1 Å². The number of anilines is 1. The Hall–Kier alpha value is -0.780. The molecule has 0 saturated carbocycles. The molecule has 3 nitrogen and oxygen atoms in total. The summed E-state index contributed by atoms with van der Waals surface area (Å²) < 4.78 is 0. The minimum atomic E-state index is 0. The summed E-state index contributed by atoms with van der Waals surface area (Å²) in [5.41, 5.74) is 9.96. The first kappa shape index (κ1) is 16.3. The molecule has 0 radical (unpaired) electrons. The largest absolute Gasteiger partial charge is 0.370 e. The number of benzene rings is 1. The number of nitrogens with one attached hydrogen (secondary N) is 1. The molecule has 0 spiro atoms. The van der Waals surface area contributed by atoms with Gasteiger partial charge in [0.2, 0.25) is 0 Å². The minimum absolute atomic E-state index is 0. The maximum atomic E-state index is 5.92. The monoisotopic (exact) mass is 373 g/mol. The maximum Gasteiger partial charge on any atom is 0.193 e. The van der Waals surface area contributed by atoms with Crippen molar-refractivity contribution in [2.45, 2.75) is 45.4 Å². The van der Waals surface area contributed by atoms with Gasteiger partial charge in [0.25, 0.3) is 0 Å². The summed E-state index contributed by atoms with van der Waals surface area (Å²) in [7, 11) is 0. The molecule has 0 aromatic heterocycles. The Kier molecular flexibility index (Phi) is 7.20. The number of hydrogen-bond donors (Lipinski definition) is 2. The van der Waals surface area contributed by atoms with Crippen LogP contribution >= 0.6 is 24.0 Å². The number of fused-ring (bicyclic) bond motifs is 1. The lowest BCUT2D eigenvalue weighted by Crippen LogP contribution is -2.24. The molecule has 4 heteroatoms. The Bertz CT molecular complexity index is 429. The summed E-state index contributed by atoms with van der Waals surface area (Å²) in [5.74, 6) is 0.544. The average molecular weight is 373 g/mol. The number of aliphatic imine (C=N–C) groups is 1. The van der Waals surface area contributed by atoms with Gasteiger partial charge in [-0.1, -0.05) is 25.5 Å². The molecule has 0 atom stereocenters. The maximum absolute atomic E-state index is 5.92. The van der Waals surface area contributed by atoms with Crippen LogP contribution in [0.5, 0.6) is 0 Å². The van der Waals surface area contributed by atoms with Crippen molar-refractivity contribution in [3.63, 3.8) is 0 Å². The second kappa shape index (κ2) is 8.40. The molecular formula is C15H24IN3. The van der Waals surface area contributed by atoms with Crippen LogP contribution in [-0.4, -0.2) is 12.5 Å². The molecular weight excluding hydrogens is 349 g/mol. The molecule has 106 valence electrons. The molecule has 0 amide bonds. The lowest BCUT2D eigenvalue weighted by molar-refractivity contribution is 0.687. The molecule has 1 aliphatic carbocycles. The van der Waals surface area contributed by atoms with E-state index in [1.807, 2.05) is 0 Å². The summed E-state index contributed by atoms with van der Waals surface area (Å²) >= 11 is 0. The summed E-state index contributed by atoms with van der Waals surface area (Å²) in [6, 6.07) is 6.43. The van der Waals surface area contributed by atoms with E-state index in [0.717, 1.165) is 31.5 Å². The molecule has 1 aromatic rings. The number of guanidine groups is 1. The van der Waals surface area contributed by atoms with Gasteiger partial charge in [-0.05, 0) is 49.3 Å². The first-order valence-corrected chi connectivity index (χ1v) is 6.99.